The fourth-order valence-electron chi connectivity index (χ4n) is 2.19. The lowest BCUT2D eigenvalue weighted by Gasteiger charge is -2.16. The van der Waals surface area contributed by atoms with Gasteiger partial charge < -0.3 is 15.7 Å². The van der Waals surface area contributed by atoms with Crippen molar-refractivity contribution in [2.24, 2.45) is 5.73 Å². The number of hydrogen-bond donors (Lipinski definition) is 2. The van der Waals surface area contributed by atoms with Crippen molar-refractivity contribution < 1.29 is 5.11 Å². The average Bonchev–Trinajstić information content (AvgIpc) is 2.37. The summed E-state index contributed by atoms with van der Waals surface area (Å²) in [6.45, 7) is 5.22. The molecule has 1 atom stereocenters. The molecule has 3 nitrogen and oxygen atoms in total. The number of aliphatic hydroxyl groups excluding tert-OH is 1. The topological polar surface area (TPSA) is 49.5 Å². The summed E-state index contributed by atoms with van der Waals surface area (Å²) in [5.41, 5.74) is 5.48. The van der Waals surface area contributed by atoms with Crippen molar-refractivity contribution in [1.82, 2.24) is 4.90 Å². The smallest absolute Gasteiger partial charge is 0.0540 e. The summed E-state index contributed by atoms with van der Waals surface area (Å²) >= 11 is 0. The molecule has 3 heteroatoms. The molecule has 0 aliphatic carbocycles. The fraction of sp³-hybridized carbons (Fsp3) is 1.00. The van der Waals surface area contributed by atoms with Crippen LogP contribution in [-0.2, 0) is 0 Å². The summed E-state index contributed by atoms with van der Waals surface area (Å²) in [5, 5.41) is 9.83. The van der Waals surface area contributed by atoms with E-state index in [2.05, 4.69) is 18.9 Å². The number of rotatable bonds is 13. The minimum atomic E-state index is -0.0730. The van der Waals surface area contributed by atoms with E-state index in [9.17, 15) is 5.11 Å². The van der Waals surface area contributed by atoms with Crippen LogP contribution < -0.4 is 5.73 Å². The number of nitrogens with zero attached hydrogens (tertiary/aromatic N) is 1. The molecule has 0 rings (SSSR count). The van der Waals surface area contributed by atoms with E-state index in [-0.39, 0.29) is 6.10 Å². The Labute approximate surface area is 114 Å². The van der Waals surface area contributed by atoms with Crippen molar-refractivity contribution in [2.45, 2.75) is 70.8 Å². The first-order valence-electron chi connectivity index (χ1n) is 7.77. The highest BCUT2D eigenvalue weighted by molar-refractivity contribution is 4.59. The van der Waals surface area contributed by atoms with Crippen LogP contribution in [0, 0.1) is 0 Å². The Hall–Kier alpha value is -0.120. The highest BCUT2D eigenvalue weighted by atomic mass is 16.3. The molecule has 0 aromatic heterocycles. The van der Waals surface area contributed by atoms with Gasteiger partial charge in [0.1, 0.15) is 0 Å². The molecule has 3 N–H and O–H groups in total. The molecule has 18 heavy (non-hydrogen) atoms. The molecule has 0 aliphatic rings. The van der Waals surface area contributed by atoms with Crippen molar-refractivity contribution in [3.8, 4) is 0 Å². The first-order valence-corrected chi connectivity index (χ1v) is 7.77. The molecule has 0 aromatic carbocycles. The summed E-state index contributed by atoms with van der Waals surface area (Å²) in [7, 11) is 2.15. The van der Waals surface area contributed by atoms with Gasteiger partial charge in [-0.15, -0.1) is 0 Å². The second-order valence-corrected chi connectivity index (χ2v) is 5.44. The monoisotopic (exact) mass is 258 g/mol. The maximum absolute atomic E-state index is 9.83. The van der Waals surface area contributed by atoms with Gasteiger partial charge in [0.2, 0.25) is 0 Å². The molecule has 0 aliphatic heterocycles. The first kappa shape index (κ1) is 17.9. The lowest BCUT2D eigenvalue weighted by Crippen LogP contribution is -2.23. The summed E-state index contributed by atoms with van der Waals surface area (Å²) in [6.07, 6.45) is 10.3. The van der Waals surface area contributed by atoms with Crippen LogP contribution in [0.25, 0.3) is 0 Å². The van der Waals surface area contributed by atoms with Gasteiger partial charge in [0.15, 0.2) is 0 Å². The van der Waals surface area contributed by atoms with E-state index < -0.39 is 0 Å². The lowest BCUT2D eigenvalue weighted by molar-refractivity contribution is 0.146. The van der Waals surface area contributed by atoms with Crippen LogP contribution in [-0.4, -0.2) is 42.8 Å². The summed E-state index contributed by atoms with van der Waals surface area (Å²) in [6, 6.07) is 0. The van der Waals surface area contributed by atoms with Crippen molar-refractivity contribution in [3.63, 3.8) is 0 Å². The highest BCUT2D eigenvalue weighted by Crippen LogP contribution is 2.10. The van der Waals surface area contributed by atoms with Gasteiger partial charge in [0.25, 0.3) is 0 Å². The number of aliphatic hydroxyl groups is 1. The second kappa shape index (κ2) is 13.3. The molecular weight excluding hydrogens is 224 g/mol. The molecule has 0 fully saturated rings. The number of unbranched alkanes of at least 4 members (excludes halogenated alkanes) is 4. The molecule has 0 spiro atoms. The van der Waals surface area contributed by atoms with Gasteiger partial charge >= 0.3 is 0 Å². The quantitative estimate of drug-likeness (QED) is 0.499. The van der Waals surface area contributed by atoms with Crippen LogP contribution >= 0.6 is 0 Å². The lowest BCUT2D eigenvalue weighted by atomic mass is 10.0. The van der Waals surface area contributed by atoms with Crippen molar-refractivity contribution in [2.75, 3.05) is 26.7 Å². The minimum absolute atomic E-state index is 0.0730. The standard InChI is InChI=1S/C15H34N2O/c1-3-4-5-6-10-15(18)11-7-8-13-17(2)14-9-12-16/h15,18H,3-14,16H2,1-2H3. The van der Waals surface area contributed by atoms with E-state index >= 15 is 0 Å². The van der Waals surface area contributed by atoms with E-state index in [1.807, 2.05) is 0 Å². The zero-order valence-corrected chi connectivity index (χ0v) is 12.5. The third kappa shape index (κ3) is 12.3. The van der Waals surface area contributed by atoms with Gasteiger partial charge in [0, 0.05) is 0 Å². The molecule has 110 valence electrons. The van der Waals surface area contributed by atoms with E-state index in [0.29, 0.717) is 0 Å². The maximum atomic E-state index is 9.83. The van der Waals surface area contributed by atoms with Crippen molar-refractivity contribution in [1.29, 1.82) is 0 Å². The molecule has 0 heterocycles. The van der Waals surface area contributed by atoms with Crippen LogP contribution in [0.5, 0.6) is 0 Å². The third-order valence-electron chi connectivity index (χ3n) is 3.46. The Morgan fingerprint density at radius 1 is 0.944 bits per heavy atom. The molecule has 0 saturated carbocycles. The average molecular weight is 258 g/mol. The fourth-order valence-corrected chi connectivity index (χ4v) is 2.19. The predicted molar refractivity (Wildman–Crippen MR) is 79.8 cm³/mol. The third-order valence-corrected chi connectivity index (χ3v) is 3.46. The zero-order chi connectivity index (χ0) is 13.6. The molecule has 0 aromatic rings. The van der Waals surface area contributed by atoms with Gasteiger partial charge in [0.05, 0.1) is 6.10 Å². The molecule has 0 bridgehead atoms. The van der Waals surface area contributed by atoms with Crippen molar-refractivity contribution >= 4 is 0 Å². The summed E-state index contributed by atoms with van der Waals surface area (Å²) < 4.78 is 0. The molecule has 0 amide bonds. The van der Waals surface area contributed by atoms with E-state index in [1.165, 1.54) is 32.1 Å². The Morgan fingerprint density at radius 3 is 2.17 bits per heavy atom. The van der Waals surface area contributed by atoms with Gasteiger partial charge in [-0.3, -0.25) is 0 Å². The van der Waals surface area contributed by atoms with Gasteiger partial charge in [-0.05, 0) is 58.8 Å². The second-order valence-electron chi connectivity index (χ2n) is 5.44. The molecule has 0 saturated heterocycles. The van der Waals surface area contributed by atoms with E-state index in [1.54, 1.807) is 0 Å². The van der Waals surface area contributed by atoms with Gasteiger partial charge in [-0.2, -0.15) is 0 Å². The van der Waals surface area contributed by atoms with Crippen molar-refractivity contribution in [3.05, 3.63) is 0 Å². The van der Waals surface area contributed by atoms with Crippen LogP contribution in [0.2, 0.25) is 0 Å². The summed E-state index contributed by atoms with van der Waals surface area (Å²) in [5.74, 6) is 0. The highest BCUT2D eigenvalue weighted by Gasteiger charge is 2.04. The molecule has 0 radical (unpaired) electrons. The SMILES string of the molecule is CCCCCCC(O)CCCCN(C)CCCN. The van der Waals surface area contributed by atoms with E-state index in [4.69, 9.17) is 5.73 Å². The maximum Gasteiger partial charge on any atom is 0.0540 e. The summed E-state index contributed by atoms with van der Waals surface area (Å²) in [4.78, 5) is 2.33. The molecule has 1 unspecified atom stereocenters. The Balaban J connectivity index is 3.26. The zero-order valence-electron chi connectivity index (χ0n) is 12.5. The Bertz CT molecular complexity index is 165. The number of nitrogens with two attached hydrogens (primary N) is 1. The normalized spacial score (nSPS) is 13.2. The minimum Gasteiger partial charge on any atom is -0.393 e. The number of hydrogen-bond acceptors (Lipinski definition) is 3. The molecular formula is C15H34N2O. The van der Waals surface area contributed by atoms with Gasteiger partial charge in [-0.25, -0.2) is 0 Å². The van der Waals surface area contributed by atoms with Gasteiger partial charge in [-0.1, -0.05) is 32.6 Å². The van der Waals surface area contributed by atoms with Crippen LogP contribution in [0.15, 0.2) is 0 Å². The predicted octanol–water partition coefficient (Wildman–Crippen LogP) is 2.77. The van der Waals surface area contributed by atoms with Crippen LogP contribution in [0.4, 0.5) is 0 Å². The van der Waals surface area contributed by atoms with E-state index in [0.717, 1.165) is 45.3 Å². The largest absolute Gasteiger partial charge is 0.393 e. The first-order chi connectivity index (χ1) is 8.70. The Morgan fingerprint density at radius 2 is 1.56 bits per heavy atom. The van der Waals surface area contributed by atoms with Crippen LogP contribution in [0.3, 0.4) is 0 Å². The van der Waals surface area contributed by atoms with Crippen LogP contribution in [0.1, 0.15) is 64.7 Å². The Kier molecular flexibility index (Phi) is 13.2.